The van der Waals surface area contributed by atoms with E-state index in [-0.39, 0.29) is 0 Å². The molecule has 0 radical (unpaired) electrons. The van der Waals surface area contributed by atoms with Crippen LogP contribution in [0.4, 0.5) is 0 Å². The van der Waals surface area contributed by atoms with Gasteiger partial charge < -0.3 is 5.32 Å². The summed E-state index contributed by atoms with van der Waals surface area (Å²) in [4.78, 5) is 2.27. The molecule has 1 rings (SSSR count). The molecule has 2 heteroatoms. The zero-order chi connectivity index (χ0) is 13.4. The number of nitrogens with one attached hydrogen (secondary N) is 1. The van der Waals surface area contributed by atoms with Crippen LogP contribution in [0.25, 0.3) is 0 Å². The largest absolute Gasteiger partial charge is 0.312 e. The molecule has 0 atom stereocenters. The maximum atomic E-state index is 3.78. The monoisotopic (exact) mass is 246 g/mol. The molecule has 0 unspecified atom stereocenters. The first kappa shape index (κ1) is 14.9. The van der Waals surface area contributed by atoms with Gasteiger partial charge in [-0.25, -0.2) is 0 Å². The lowest BCUT2D eigenvalue weighted by Gasteiger charge is -2.17. The highest BCUT2D eigenvalue weighted by atomic mass is 15.1. The van der Waals surface area contributed by atoms with Crippen molar-refractivity contribution in [2.75, 3.05) is 20.1 Å². The van der Waals surface area contributed by atoms with Crippen molar-refractivity contribution in [3.8, 4) is 0 Å². The van der Waals surface area contributed by atoms with Crippen molar-refractivity contribution in [3.63, 3.8) is 0 Å². The van der Waals surface area contributed by atoms with Crippen LogP contribution in [0.5, 0.6) is 0 Å². The summed E-state index contributed by atoms with van der Waals surface area (Å²) in [5.41, 5.74) is 2.80. The third-order valence-electron chi connectivity index (χ3n) is 2.87. The van der Waals surface area contributed by atoms with Crippen LogP contribution in [0.2, 0.25) is 0 Å². The lowest BCUT2D eigenvalue weighted by atomic mass is 10.1. The summed E-state index contributed by atoms with van der Waals surface area (Å²) in [5.74, 6) is 0.695. The predicted molar refractivity (Wildman–Crippen MR) is 79.5 cm³/mol. The summed E-state index contributed by atoms with van der Waals surface area (Å²) in [5, 5.41) is 3.51. The van der Waals surface area contributed by atoms with E-state index < -0.39 is 0 Å². The highest BCUT2D eigenvalue weighted by molar-refractivity contribution is 5.27. The van der Waals surface area contributed by atoms with E-state index in [1.807, 2.05) is 6.08 Å². The first-order chi connectivity index (χ1) is 8.63. The van der Waals surface area contributed by atoms with Gasteiger partial charge in [-0.05, 0) is 30.6 Å². The molecule has 1 aromatic carbocycles. The van der Waals surface area contributed by atoms with Crippen LogP contribution in [0, 0.1) is 5.92 Å². The van der Waals surface area contributed by atoms with Crippen LogP contribution in [0.1, 0.15) is 25.0 Å². The Morgan fingerprint density at radius 3 is 2.56 bits per heavy atom. The van der Waals surface area contributed by atoms with Gasteiger partial charge in [-0.15, -0.1) is 6.58 Å². The Balaban J connectivity index is 2.58. The third-order valence-corrected chi connectivity index (χ3v) is 2.87. The van der Waals surface area contributed by atoms with E-state index in [4.69, 9.17) is 0 Å². The van der Waals surface area contributed by atoms with Gasteiger partial charge in [0.2, 0.25) is 0 Å². The van der Waals surface area contributed by atoms with E-state index in [0.717, 1.165) is 26.2 Å². The lowest BCUT2D eigenvalue weighted by molar-refractivity contribution is 0.362. The molecule has 0 fully saturated rings. The van der Waals surface area contributed by atoms with Gasteiger partial charge in [0.1, 0.15) is 0 Å². The maximum absolute atomic E-state index is 3.78. The molecule has 0 heterocycles. The van der Waals surface area contributed by atoms with Gasteiger partial charge in [0, 0.05) is 19.6 Å². The molecule has 1 N–H and O–H groups in total. The van der Waals surface area contributed by atoms with Gasteiger partial charge in [0.25, 0.3) is 0 Å². The van der Waals surface area contributed by atoms with Gasteiger partial charge in [0.15, 0.2) is 0 Å². The van der Waals surface area contributed by atoms with E-state index in [9.17, 15) is 0 Å². The highest BCUT2D eigenvalue weighted by Gasteiger charge is 2.04. The summed E-state index contributed by atoms with van der Waals surface area (Å²) in [7, 11) is 2.13. The smallest absolute Gasteiger partial charge is 0.0237 e. The van der Waals surface area contributed by atoms with Gasteiger partial charge in [-0.2, -0.15) is 0 Å². The fourth-order valence-corrected chi connectivity index (χ4v) is 1.96. The second-order valence-corrected chi connectivity index (χ2v) is 5.28. The van der Waals surface area contributed by atoms with Gasteiger partial charge >= 0.3 is 0 Å². The zero-order valence-electron chi connectivity index (χ0n) is 11.9. The number of benzene rings is 1. The van der Waals surface area contributed by atoms with Crippen LogP contribution < -0.4 is 5.32 Å². The molecule has 0 aliphatic rings. The Bertz CT molecular complexity index is 358. The Hall–Kier alpha value is -1.12. The zero-order valence-corrected chi connectivity index (χ0v) is 11.9. The number of hydrogen-bond donors (Lipinski definition) is 1. The van der Waals surface area contributed by atoms with E-state index in [1.165, 1.54) is 11.1 Å². The molecule has 1 aromatic rings. The van der Waals surface area contributed by atoms with Crippen LogP contribution in [-0.2, 0) is 13.1 Å². The van der Waals surface area contributed by atoms with Gasteiger partial charge in [-0.3, -0.25) is 4.90 Å². The van der Waals surface area contributed by atoms with E-state index in [0.29, 0.717) is 5.92 Å². The van der Waals surface area contributed by atoms with E-state index in [1.54, 1.807) is 0 Å². The Morgan fingerprint density at radius 1 is 1.28 bits per heavy atom. The minimum atomic E-state index is 0.695. The molecule has 0 spiro atoms. The topological polar surface area (TPSA) is 15.3 Å². The number of rotatable bonds is 8. The molecule has 0 saturated carbocycles. The second kappa shape index (κ2) is 8.06. The van der Waals surface area contributed by atoms with Crippen molar-refractivity contribution >= 4 is 0 Å². The standard InChI is InChI=1S/C16H26N2/c1-5-10-18(4)13-16-9-7-6-8-15(16)12-17-11-14(2)3/h5-9,14,17H,1,10-13H2,2-4H3. The summed E-state index contributed by atoms with van der Waals surface area (Å²) in [6, 6.07) is 8.66. The molecule has 0 saturated heterocycles. The molecule has 0 aromatic heterocycles. The molecular weight excluding hydrogens is 220 g/mol. The van der Waals surface area contributed by atoms with Crippen molar-refractivity contribution in [1.29, 1.82) is 0 Å². The average molecular weight is 246 g/mol. The van der Waals surface area contributed by atoms with Gasteiger partial charge in [-0.1, -0.05) is 44.2 Å². The molecule has 18 heavy (non-hydrogen) atoms. The quantitative estimate of drug-likeness (QED) is 0.709. The van der Waals surface area contributed by atoms with E-state index in [2.05, 4.69) is 62.0 Å². The second-order valence-electron chi connectivity index (χ2n) is 5.28. The fraction of sp³-hybridized carbons (Fsp3) is 0.500. The number of hydrogen-bond acceptors (Lipinski definition) is 2. The molecule has 2 nitrogen and oxygen atoms in total. The molecule has 0 aliphatic carbocycles. The third kappa shape index (κ3) is 5.48. The molecular formula is C16H26N2. The van der Waals surface area contributed by atoms with Crippen LogP contribution >= 0.6 is 0 Å². The Labute approximate surface area is 112 Å². The molecule has 0 amide bonds. The van der Waals surface area contributed by atoms with Gasteiger partial charge in [0.05, 0.1) is 0 Å². The highest BCUT2D eigenvalue weighted by Crippen LogP contribution is 2.11. The van der Waals surface area contributed by atoms with Crippen LogP contribution in [-0.4, -0.2) is 25.0 Å². The average Bonchev–Trinajstić information content (AvgIpc) is 2.31. The SMILES string of the molecule is C=CCN(C)Cc1ccccc1CNCC(C)C. The summed E-state index contributed by atoms with van der Waals surface area (Å²) >= 11 is 0. The Kier molecular flexibility index (Phi) is 6.69. The number of nitrogens with zero attached hydrogens (tertiary/aromatic N) is 1. The fourth-order valence-electron chi connectivity index (χ4n) is 1.96. The normalized spacial score (nSPS) is 11.2. The first-order valence-corrected chi connectivity index (χ1v) is 6.70. The molecule has 0 aliphatic heterocycles. The van der Waals surface area contributed by atoms with Crippen LogP contribution in [0.15, 0.2) is 36.9 Å². The number of likely N-dealkylation sites (N-methyl/N-ethyl adjacent to an activating group) is 1. The van der Waals surface area contributed by atoms with Crippen LogP contribution in [0.3, 0.4) is 0 Å². The lowest BCUT2D eigenvalue weighted by Crippen LogP contribution is -2.22. The maximum Gasteiger partial charge on any atom is 0.0237 e. The minimum Gasteiger partial charge on any atom is -0.312 e. The van der Waals surface area contributed by atoms with E-state index >= 15 is 0 Å². The summed E-state index contributed by atoms with van der Waals surface area (Å²) < 4.78 is 0. The first-order valence-electron chi connectivity index (χ1n) is 6.70. The van der Waals surface area contributed by atoms with Crippen molar-refractivity contribution in [2.24, 2.45) is 5.92 Å². The summed E-state index contributed by atoms with van der Waals surface area (Å²) in [6.07, 6.45) is 1.94. The predicted octanol–water partition coefficient (Wildman–Crippen LogP) is 3.05. The van der Waals surface area contributed by atoms with Crippen molar-refractivity contribution in [2.45, 2.75) is 26.9 Å². The van der Waals surface area contributed by atoms with Crippen molar-refractivity contribution in [1.82, 2.24) is 10.2 Å². The Morgan fingerprint density at radius 2 is 1.94 bits per heavy atom. The van der Waals surface area contributed by atoms with Crippen molar-refractivity contribution in [3.05, 3.63) is 48.0 Å². The minimum absolute atomic E-state index is 0.695. The molecule has 0 bridgehead atoms. The molecule has 100 valence electrons. The van der Waals surface area contributed by atoms with Crippen molar-refractivity contribution < 1.29 is 0 Å². The summed E-state index contributed by atoms with van der Waals surface area (Å²) in [6.45, 7) is 12.2.